The van der Waals surface area contributed by atoms with E-state index in [2.05, 4.69) is 18.2 Å². The third-order valence-corrected chi connectivity index (χ3v) is 8.97. The third-order valence-electron chi connectivity index (χ3n) is 5.95. The third kappa shape index (κ3) is 7.89. The predicted octanol–water partition coefficient (Wildman–Crippen LogP) is 5.02. The Balaban J connectivity index is 1.32. The summed E-state index contributed by atoms with van der Waals surface area (Å²) in [6.07, 6.45) is 7.62. The molecular formula is C24H34O6S2. The highest BCUT2D eigenvalue weighted by atomic mass is 32.2. The molecule has 6 nitrogen and oxygen atoms in total. The Morgan fingerprint density at radius 2 is 1.88 bits per heavy atom. The van der Waals surface area contributed by atoms with Crippen molar-refractivity contribution in [1.82, 2.24) is 0 Å². The Kier molecular flexibility index (Phi) is 10.1. The van der Waals surface area contributed by atoms with Gasteiger partial charge in [0.25, 0.3) is 0 Å². The van der Waals surface area contributed by atoms with E-state index in [4.69, 9.17) is 19.7 Å². The van der Waals surface area contributed by atoms with E-state index >= 15 is 0 Å². The SMILES string of the molecule is O=C(O)CCC1(CCC(=O)O)OCC(CSCCCCOc2cccc3c2CCCC3)S1. The first-order chi connectivity index (χ1) is 15.5. The summed E-state index contributed by atoms with van der Waals surface area (Å²) in [6.45, 7) is 1.30. The van der Waals surface area contributed by atoms with Crippen molar-refractivity contribution in [2.75, 3.05) is 24.7 Å². The molecule has 0 amide bonds. The number of aliphatic carboxylic acids is 2. The maximum atomic E-state index is 11.0. The topological polar surface area (TPSA) is 93.1 Å². The van der Waals surface area contributed by atoms with Gasteiger partial charge in [0.05, 0.1) is 13.2 Å². The Bertz CT molecular complexity index is 751. The normalized spacial score (nSPS) is 19.4. The first-order valence-corrected chi connectivity index (χ1v) is 13.6. The van der Waals surface area contributed by atoms with Gasteiger partial charge in [-0.25, -0.2) is 0 Å². The molecule has 1 heterocycles. The highest BCUT2D eigenvalue weighted by molar-refractivity contribution is 8.04. The van der Waals surface area contributed by atoms with Crippen LogP contribution in [0.25, 0.3) is 0 Å². The van der Waals surface area contributed by atoms with Crippen molar-refractivity contribution in [3.63, 3.8) is 0 Å². The number of aryl methyl sites for hydroxylation is 1. The lowest BCUT2D eigenvalue weighted by Gasteiger charge is -2.26. The number of carboxylic acids is 2. The number of hydrogen-bond donors (Lipinski definition) is 2. The van der Waals surface area contributed by atoms with Crippen LogP contribution in [0.3, 0.4) is 0 Å². The van der Waals surface area contributed by atoms with Crippen molar-refractivity contribution in [3.05, 3.63) is 29.3 Å². The molecule has 2 aliphatic rings. The number of fused-ring (bicyclic) bond motifs is 1. The van der Waals surface area contributed by atoms with Crippen molar-refractivity contribution in [2.24, 2.45) is 0 Å². The van der Waals surface area contributed by atoms with Gasteiger partial charge in [0, 0.05) is 23.8 Å². The highest BCUT2D eigenvalue weighted by Gasteiger charge is 2.41. The minimum Gasteiger partial charge on any atom is -0.493 e. The van der Waals surface area contributed by atoms with Gasteiger partial charge in [-0.1, -0.05) is 12.1 Å². The molecule has 1 aromatic carbocycles. The highest BCUT2D eigenvalue weighted by Crippen LogP contribution is 2.45. The molecule has 3 rings (SSSR count). The maximum absolute atomic E-state index is 11.0. The number of ether oxygens (including phenoxy) is 2. The molecule has 8 heteroatoms. The number of unbranched alkanes of at least 4 members (excludes halogenated alkanes) is 1. The van der Waals surface area contributed by atoms with Gasteiger partial charge in [-0.15, -0.1) is 11.8 Å². The van der Waals surface area contributed by atoms with E-state index in [0.717, 1.165) is 43.1 Å². The molecule has 178 valence electrons. The number of thioether (sulfide) groups is 2. The fraction of sp³-hybridized carbons (Fsp3) is 0.667. The van der Waals surface area contributed by atoms with Crippen molar-refractivity contribution in [2.45, 2.75) is 74.4 Å². The lowest BCUT2D eigenvalue weighted by Crippen LogP contribution is -2.26. The molecule has 0 aromatic heterocycles. The average Bonchev–Trinajstić information content (AvgIpc) is 3.19. The van der Waals surface area contributed by atoms with Crippen molar-refractivity contribution < 1.29 is 29.3 Å². The van der Waals surface area contributed by atoms with Crippen LogP contribution in [0, 0.1) is 0 Å². The quantitative estimate of drug-likeness (QED) is 0.357. The summed E-state index contributed by atoms with van der Waals surface area (Å²) in [5.41, 5.74) is 2.85. The van der Waals surface area contributed by atoms with Crippen LogP contribution in [-0.2, 0) is 27.2 Å². The lowest BCUT2D eigenvalue weighted by atomic mass is 9.91. The van der Waals surface area contributed by atoms with Gasteiger partial charge in [-0.2, -0.15) is 11.8 Å². The van der Waals surface area contributed by atoms with E-state index in [1.165, 1.54) is 30.4 Å². The van der Waals surface area contributed by atoms with Gasteiger partial charge in [-0.3, -0.25) is 9.59 Å². The van der Waals surface area contributed by atoms with Crippen LogP contribution in [0.15, 0.2) is 18.2 Å². The minimum absolute atomic E-state index is 0.00287. The summed E-state index contributed by atoms with van der Waals surface area (Å²) in [5, 5.41) is 18.3. The zero-order valence-corrected chi connectivity index (χ0v) is 20.2. The minimum atomic E-state index is -0.875. The predicted molar refractivity (Wildman–Crippen MR) is 129 cm³/mol. The number of rotatable bonds is 14. The van der Waals surface area contributed by atoms with Crippen molar-refractivity contribution in [3.8, 4) is 5.75 Å². The molecule has 1 aliphatic carbocycles. The summed E-state index contributed by atoms with van der Waals surface area (Å²) < 4.78 is 12.0. The van der Waals surface area contributed by atoms with E-state index in [1.54, 1.807) is 11.8 Å². The molecular weight excluding hydrogens is 448 g/mol. The number of benzene rings is 1. The molecule has 0 spiro atoms. The van der Waals surface area contributed by atoms with Crippen LogP contribution in [0.5, 0.6) is 5.75 Å². The van der Waals surface area contributed by atoms with Crippen LogP contribution in [0.2, 0.25) is 0 Å². The molecule has 0 saturated carbocycles. The second-order valence-corrected chi connectivity index (χ2v) is 11.3. The second-order valence-electron chi connectivity index (χ2n) is 8.48. The number of hydrogen-bond acceptors (Lipinski definition) is 6. The molecule has 1 fully saturated rings. The molecule has 1 aromatic rings. The molecule has 32 heavy (non-hydrogen) atoms. The van der Waals surface area contributed by atoms with E-state index in [0.29, 0.717) is 19.4 Å². The van der Waals surface area contributed by atoms with Crippen LogP contribution < -0.4 is 4.74 Å². The average molecular weight is 483 g/mol. The van der Waals surface area contributed by atoms with Gasteiger partial charge in [-0.05, 0) is 74.3 Å². The van der Waals surface area contributed by atoms with Crippen LogP contribution in [0.1, 0.15) is 62.5 Å². The number of carboxylic acid groups (broad SMARTS) is 2. The monoisotopic (exact) mass is 482 g/mol. The lowest BCUT2D eigenvalue weighted by molar-refractivity contribution is -0.138. The molecule has 1 aliphatic heterocycles. The van der Waals surface area contributed by atoms with Gasteiger partial charge in [0.1, 0.15) is 10.7 Å². The second kappa shape index (κ2) is 12.8. The number of carbonyl (C=O) groups is 2. The van der Waals surface area contributed by atoms with E-state index in [1.807, 2.05) is 11.8 Å². The summed E-state index contributed by atoms with van der Waals surface area (Å²) >= 11 is 3.51. The first-order valence-electron chi connectivity index (χ1n) is 11.5. The molecule has 0 radical (unpaired) electrons. The Labute approximate surface area is 198 Å². The first kappa shape index (κ1) is 25.2. The van der Waals surface area contributed by atoms with E-state index < -0.39 is 16.9 Å². The molecule has 1 atom stereocenters. The van der Waals surface area contributed by atoms with Crippen LogP contribution >= 0.6 is 23.5 Å². The van der Waals surface area contributed by atoms with Crippen LogP contribution in [0.4, 0.5) is 0 Å². The summed E-state index contributed by atoms with van der Waals surface area (Å²) in [7, 11) is 0. The Morgan fingerprint density at radius 1 is 1.12 bits per heavy atom. The van der Waals surface area contributed by atoms with Gasteiger partial charge < -0.3 is 19.7 Å². The summed E-state index contributed by atoms with van der Waals surface area (Å²) in [4.78, 5) is 21.3. The molecule has 1 saturated heterocycles. The van der Waals surface area contributed by atoms with Gasteiger partial charge in [0.15, 0.2) is 0 Å². The van der Waals surface area contributed by atoms with E-state index in [9.17, 15) is 9.59 Å². The summed E-state index contributed by atoms with van der Waals surface area (Å²) in [6, 6.07) is 6.42. The standard InChI is InChI=1S/C24H34O6S2/c25-22(26)10-12-24(13-11-23(27)28)30-16-19(32-24)17-31-15-4-3-14-29-21-9-5-7-18-6-1-2-8-20(18)21/h5,7,9,19H,1-4,6,8,10-17H2,(H,25,26)(H,27,28). The largest absolute Gasteiger partial charge is 0.493 e. The fourth-order valence-corrected chi connectivity index (χ4v) is 7.08. The zero-order chi connectivity index (χ0) is 22.8. The molecule has 0 bridgehead atoms. The van der Waals surface area contributed by atoms with Crippen molar-refractivity contribution in [1.29, 1.82) is 0 Å². The Hall–Kier alpha value is -1.38. The van der Waals surface area contributed by atoms with Crippen molar-refractivity contribution >= 4 is 35.5 Å². The molecule has 1 unspecified atom stereocenters. The maximum Gasteiger partial charge on any atom is 0.303 e. The van der Waals surface area contributed by atoms with Crippen LogP contribution in [-0.4, -0.2) is 57.1 Å². The summed E-state index contributed by atoms with van der Waals surface area (Å²) in [5.74, 6) is 1.29. The van der Waals surface area contributed by atoms with Gasteiger partial charge >= 0.3 is 11.9 Å². The molecule has 2 N–H and O–H groups in total. The Morgan fingerprint density at radius 3 is 2.62 bits per heavy atom. The fourth-order valence-electron chi connectivity index (χ4n) is 4.27. The smallest absolute Gasteiger partial charge is 0.303 e. The van der Waals surface area contributed by atoms with Gasteiger partial charge in [0.2, 0.25) is 0 Å². The van der Waals surface area contributed by atoms with E-state index in [-0.39, 0.29) is 18.1 Å². The zero-order valence-electron chi connectivity index (χ0n) is 18.6.